The van der Waals surface area contributed by atoms with Crippen molar-refractivity contribution < 1.29 is 9.53 Å². The number of hydrogen-bond acceptors (Lipinski definition) is 5. The van der Waals surface area contributed by atoms with Crippen LogP contribution in [0.3, 0.4) is 0 Å². The molecule has 1 unspecified atom stereocenters. The Morgan fingerprint density at radius 1 is 1.79 bits per heavy atom. The first kappa shape index (κ1) is 9.76. The van der Waals surface area contributed by atoms with E-state index >= 15 is 0 Å². The van der Waals surface area contributed by atoms with Gasteiger partial charge in [0.05, 0.1) is 11.5 Å². The highest BCUT2D eigenvalue weighted by Gasteiger charge is 2.22. The second-order valence-corrected chi connectivity index (χ2v) is 4.43. The second kappa shape index (κ2) is 4.16. The van der Waals surface area contributed by atoms with Gasteiger partial charge in [-0.3, -0.25) is 4.79 Å². The predicted octanol–water partition coefficient (Wildman–Crippen LogP) is 0.959. The first-order chi connectivity index (χ1) is 6.79. The molecule has 1 atom stereocenters. The zero-order valence-electron chi connectivity index (χ0n) is 7.97. The van der Waals surface area contributed by atoms with Crippen LogP contribution in [0.4, 0.5) is 0 Å². The summed E-state index contributed by atoms with van der Waals surface area (Å²) < 4.78 is 5.58. The molecule has 14 heavy (non-hydrogen) atoms. The summed E-state index contributed by atoms with van der Waals surface area (Å²) in [7, 11) is 2.06. The van der Waals surface area contributed by atoms with Crippen molar-refractivity contribution in [3.05, 3.63) is 16.1 Å². The minimum absolute atomic E-state index is 0.0347. The van der Waals surface area contributed by atoms with Gasteiger partial charge in [-0.2, -0.15) is 0 Å². The molecule has 0 N–H and O–H groups in total. The molecule has 76 valence electrons. The number of carbonyl (C=O) groups is 1. The van der Waals surface area contributed by atoms with E-state index in [-0.39, 0.29) is 6.10 Å². The summed E-state index contributed by atoms with van der Waals surface area (Å²) >= 11 is 1.41. The summed E-state index contributed by atoms with van der Waals surface area (Å²) in [4.78, 5) is 17.5. The molecule has 0 radical (unpaired) electrons. The van der Waals surface area contributed by atoms with E-state index in [0.29, 0.717) is 4.88 Å². The van der Waals surface area contributed by atoms with Crippen molar-refractivity contribution >= 4 is 17.6 Å². The van der Waals surface area contributed by atoms with Gasteiger partial charge < -0.3 is 9.64 Å². The minimum atomic E-state index is 0.0347. The SMILES string of the molecule is CN1CCOC(c2ncc(C=O)s2)C1. The molecule has 0 bridgehead atoms. The molecule has 0 aliphatic carbocycles. The van der Waals surface area contributed by atoms with Crippen LogP contribution >= 0.6 is 11.3 Å². The van der Waals surface area contributed by atoms with Crippen molar-refractivity contribution in [1.82, 2.24) is 9.88 Å². The van der Waals surface area contributed by atoms with Gasteiger partial charge in [-0.05, 0) is 7.05 Å². The number of aldehydes is 1. The van der Waals surface area contributed by atoms with E-state index in [1.54, 1.807) is 6.20 Å². The van der Waals surface area contributed by atoms with Crippen molar-refractivity contribution in [2.75, 3.05) is 26.7 Å². The van der Waals surface area contributed by atoms with E-state index in [4.69, 9.17) is 4.74 Å². The van der Waals surface area contributed by atoms with Gasteiger partial charge in [0, 0.05) is 19.3 Å². The molecule has 0 amide bonds. The molecule has 5 heteroatoms. The van der Waals surface area contributed by atoms with Gasteiger partial charge in [-0.25, -0.2) is 4.98 Å². The lowest BCUT2D eigenvalue weighted by atomic mass is 10.3. The first-order valence-electron chi connectivity index (χ1n) is 4.50. The van der Waals surface area contributed by atoms with Crippen LogP contribution in [0, 0.1) is 0 Å². The Bertz CT molecular complexity index is 326. The third kappa shape index (κ3) is 2.00. The molecule has 1 aromatic rings. The van der Waals surface area contributed by atoms with Crippen LogP contribution in [0.15, 0.2) is 6.20 Å². The van der Waals surface area contributed by atoms with E-state index in [2.05, 4.69) is 16.9 Å². The normalized spacial score (nSPS) is 23.6. The van der Waals surface area contributed by atoms with E-state index in [0.717, 1.165) is 31.0 Å². The fraction of sp³-hybridized carbons (Fsp3) is 0.556. The summed E-state index contributed by atoms with van der Waals surface area (Å²) in [6.07, 6.45) is 2.46. The van der Waals surface area contributed by atoms with Crippen molar-refractivity contribution in [2.24, 2.45) is 0 Å². The van der Waals surface area contributed by atoms with Crippen LogP contribution in [-0.4, -0.2) is 42.9 Å². The highest BCUT2D eigenvalue weighted by molar-refractivity contribution is 7.13. The molecule has 2 heterocycles. The average Bonchev–Trinajstić information content (AvgIpc) is 2.66. The van der Waals surface area contributed by atoms with Gasteiger partial charge in [0.15, 0.2) is 6.29 Å². The number of nitrogens with zero attached hydrogens (tertiary/aromatic N) is 2. The van der Waals surface area contributed by atoms with Gasteiger partial charge in [-0.1, -0.05) is 0 Å². The maximum absolute atomic E-state index is 10.5. The highest BCUT2D eigenvalue weighted by atomic mass is 32.1. The number of ether oxygens (including phenoxy) is 1. The Kier molecular flexibility index (Phi) is 2.90. The number of rotatable bonds is 2. The smallest absolute Gasteiger partial charge is 0.161 e. The number of thiazole rings is 1. The standard InChI is InChI=1S/C9H12N2O2S/c1-11-2-3-13-8(5-11)9-10-4-7(6-12)14-9/h4,6,8H,2-3,5H2,1H3. The van der Waals surface area contributed by atoms with Gasteiger partial charge in [-0.15, -0.1) is 11.3 Å². The van der Waals surface area contributed by atoms with Crippen LogP contribution in [-0.2, 0) is 4.74 Å². The van der Waals surface area contributed by atoms with Crippen LogP contribution in [0.2, 0.25) is 0 Å². The lowest BCUT2D eigenvalue weighted by Gasteiger charge is -2.28. The zero-order chi connectivity index (χ0) is 9.97. The van der Waals surface area contributed by atoms with Crippen molar-refractivity contribution in [2.45, 2.75) is 6.10 Å². The fourth-order valence-corrected chi connectivity index (χ4v) is 2.21. The lowest BCUT2D eigenvalue weighted by Crippen LogP contribution is -2.35. The highest BCUT2D eigenvalue weighted by Crippen LogP contribution is 2.24. The van der Waals surface area contributed by atoms with E-state index in [1.165, 1.54) is 11.3 Å². The molecular weight excluding hydrogens is 200 g/mol. The molecule has 0 spiro atoms. The van der Waals surface area contributed by atoms with Crippen molar-refractivity contribution in [3.8, 4) is 0 Å². The molecule has 4 nitrogen and oxygen atoms in total. The summed E-state index contributed by atoms with van der Waals surface area (Å²) in [5.74, 6) is 0. The molecule has 1 aliphatic rings. The van der Waals surface area contributed by atoms with Gasteiger partial charge in [0.1, 0.15) is 11.1 Å². The molecule has 0 saturated carbocycles. The lowest BCUT2D eigenvalue weighted by molar-refractivity contribution is -0.0209. The molecule has 1 saturated heterocycles. The quantitative estimate of drug-likeness (QED) is 0.685. The monoisotopic (exact) mass is 212 g/mol. The molecule has 0 aromatic carbocycles. The first-order valence-corrected chi connectivity index (χ1v) is 5.32. The number of likely N-dealkylation sites (N-methyl/N-ethyl adjacent to an activating group) is 1. The number of carbonyl (C=O) groups excluding carboxylic acids is 1. The summed E-state index contributed by atoms with van der Waals surface area (Å²) in [6, 6.07) is 0. The Labute approximate surface area is 86.5 Å². The largest absolute Gasteiger partial charge is 0.368 e. The Morgan fingerprint density at radius 3 is 3.29 bits per heavy atom. The van der Waals surface area contributed by atoms with Gasteiger partial charge in [0.25, 0.3) is 0 Å². The summed E-state index contributed by atoms with van der Waals surface area (Å²) in [5, 5.41) is 0.902. The van der Waals surface area contributed by atoms with Crippen LogP contribution in [0.25, 0.3) is 0 Å². The van der Waals surface area contributed by atoms with E-state index in [9.17, 15) is 4.79 Å². The zero-order valence-corrected chi connectivity index (χ0v) is 8.79. The Balaban J connectivity index is 2.09. The third-order valence-corrected chi connectivity index (χ3v) is 3.22. The molecule has 2 rings (SSSR count). The van der Waals surface area contributed by atoms with Crippen LogP contribution < -0.4 is 0 Å². The van der Waals surface area contributed by atoms with Crippen molar-refractivity contribution in [3.63, 3.8) is 0 Å². The Morgan fingerprint density at radius 2 is 2.64 bits per heavy atom. The summed E-state index contributed by atoms with van der Waals surface area (Å²) in [6.45, 7) is 2.55. The van der Waals surface area contributed by atoms with Crippen LogP contribution in [0.1, 0.15) is 20.8 Å². The van der Waals surface area contributed by atoms with Gasteiger partial charge in [0.2, 0.25) is 0 Å². The van der Waals surface area contributed by atoms with Gasteiger partial charge >= 0.3 is 0 Å². The molecule has 1 fully saturated rings. The average molecular weight is 212 g/mol. The van der Waals surface area contributed by atoms with Crippen molar-refractivity contribution in [1.29, 1.82) is 0 Å². The summed E-state index contributed by atoms with van der Waals surface area (Å²) in [5.41, 5.74) is 0. The van der Waals surface area contributed by atoms with E-state index < -0.39 is 0 Å². The predicted molar refractivity (Wildman–Crippen MR) is 53.7 cm³/mol. The van der Waals surface area contributed by atoms with E-state index in [1.807, 2.05) is 0 Å². The molecular formula is C9H12N2O2S. The maximum Gasteiger partial charge on any atom is 0.161 e. The molecule has 1 aliphatic heterocycles. The topological polar surface area (TPSA) is 42.4 Å². The van der Waals surface area contributed by atoms with Crippen LogP contribution in [0.5, 0.6) is 0 Å². The maximum atomic E-state index is 10.5. The number of aromatic nitrogens is 1. The minimum Gasteiger partial charge on any atom is -0.368 e. The third-order valence-electron chi connectivity index (χ3n) is 2.20. The Hall–Kier alpha value is -0.780. The number of morpholine rings is 1. The second-order valence-electron chi connectivity index (χ2n) is 3.34. The fourth-order valence-electron chi connectivity index (χ4n) is 1.43. The number of hydrogen-bond donors (Lipinski definition) is 0. The molecule has 1 aromatic heterocycles.